The highest BCUT2D eigenvalue weighted by Crippen LogP contribution is 2.01. The number of carbonyl (C=O) groups excluding carboxylic acids is 2. The van der Waals surface area contributed by atoms with E-state index in [0.717, 1.165) is 32.7 Å². The van der Waals surface area contributed by atoms with Gasteiger partial charge in [-0.25, -0.2) is 0 Å². The van der Waals surface area contributed by atoms with Crippen LogP contribution in [0.5, 0.6) is 0 Å². The van der Waals surface area contributed by atoms with Gasteiger partial charge in [0, 0.05) is 51.8 Å². The zero-order chi connectivity index (χ0) is 16.8. The summed E-state index contributed by atoms with van der Waals surface area (Å²) in [7, 11) is -1.53. The molecule has 1 saturated heterocycles. The fourth-order valence-corrected chi connectivity index (χ4v) is 2.52. The lowest BCUT2D eigenvalue weighted by atomic mass is 9.80. The third kappa shape index (κ3) is 5.06. The second-order valence-corrected chi connectivity index (χ2v) is 5.60. The highest BCUT2D eigenvalue weighted by Gasteiger charge is 2.18. The fraction of sp³-hybridized carbons (Fsp3) is 0.467. The zero-order valence-corrected chi connectivity index (χ0v) is 13.2. The van der Waals surface area contributed by atoms with Crippen LogP contribution in [0.25, 0.3) is 0 Å². The Balaban J connectivity index is 1.72. The van der Waals surface area contributed by atoms with E-state index in [2.05, 4.69) is 10.2 Å². The first kappa shape index (κ1) is 17.5. The quantitative estimate of drug-likeness (QED) is 0.560. The molecule has 1 aromatic carbocycles. The van der Waals surface area contributed by atoms with Gasteiger partial charge in [0.2, 0.25) is 5.91 Å². The summed E-state index contributed by atoms with van der Waals surface area (Å²) in [5, 5.41) is 20.9. The summed E-state index contributed by atoms with van der Waals surface area (Å²) in [5.41, 5.74) is 0.834. The highest BCUT2D eigenvalue weighted by molar-refractivity contribution is 6.58. The van der Waals surface area contributed by atoms with Crippen molar-refractivity contribution in [2.45, 2.75) is 6.92 Å². The third-order valence-electron chi connectivity index (χ3n) is 4.00. The summed E-state index contributed by atoms with van der Waals surface area (Å²) in [6, 6.07) is 6.16. The van der Waals surface area contributed by atoms with E-state index >= 15 is 0 Å². The second-order valence-electron chi connectivity index (χ2n) is 5.60. The van der Waals surface area contributed by atoms with Crippen LogP contribution in [0.15, 0.2) is 24.3 Å². The van der Waals surface area contributed by atoms with Crippen molar-refractivity contribution in [3.05, 3.63) is 29.8 Å². The van der Waals surface area contributed by atoms with Crippen LogP contribution in [0, 0.1) is 0 Å². The molecule has 23 heavy (non-hydrogen) atoms. The van der Waals surface area contributed by atoms with Gasteiger partial charge in [0.15, 0.2) is 0 Å². The average molecular weight is 319 g/mol. The SMILES string of the molecule is CC(=O)N1CCN(CCNC(=O)c2ccc(B(O)O)cc2)CC1. The maximum Gasteiger partial charge on any atom is 0.488 e. The van der Waals surface area contributed by atoms with Gasteiger partial charge in [0.05, 0.1) is 0 Å². The van der Waals surface area contributed by atoms with Crippen LogP contribution in [0.3, 0.4) is 0 Å². The van der Waals surface area contributed by atoms with E-state index < -0.39 is 7.12 Å². The Morgan fingerprint density at radius 3 is 2.26 bits per heavy atom. The molecule has 1 fully saturated rings. The fourth-order valence-electron chi connectivity index (χ4n) is 2.52. The Kier molecular flexibility index (Phi) is 6.15. The van der Waals surface area contributed by atoms with Crippen LogP contribution in [-0.4, -0.2) is 78.0 Å². The molecule has 0 spiro atoms. The smallest absolute Gasteiger partial charge is 0.423 e. The molecule has 0 aliphatic carbocycles. The van der Waals surface area contributed by atoms with E-state index in [1.165, 1.54) is 12.1 Å². The summed E-state index contributed by atoms with van der Waals surface area (Å²) in [5.74, 6) is -0.0826. The van der Waals surface area contributed by atoms with Crippen LogP contribution in [-0.2, 0) is 4.79 Å². The van der Waals surface area contributed by atoms with E-state index in [-0.39, 0.29) is 11.8 Å². The highest BCUT2D eigenvalue weighted by atomic mass is 16.4. The van der Waals surface area contributed by atoms with Crippen LogP contribution in [0.1, 0.15) is 17.3 Å². The van der Waals surface area contributed by atoms with Gasteiger partial charge in [-0.15, -0.1) is 0 Å². The second kappa shape index (κ2) is 8.10. The Morgan fingerprint density at radius 2 is 1.74 bits per heavy atom. The van der Waals surface area contributed by atoms with Gasteiger partial charge in [-0.05, 0) is 17.6 Å². The van der Waals surface area contributed by atoms with Crippen LogP contribution < -0.4 is 10.8 Å². The molecule has 2 amide bonds. The van der Waals surface area contributed by atoms with Gasteiger partial charge < -0.3 is 20.3 Å². The monoisotopic (exact) mass is 319 g/mol. The maximum atomic E-state index is 12.0. The average Bonchev–Trinajstić information content (AvgIpc) is 2.55. The number of rotatable bonds is 5. The number of hydrogen-bond donors (Lipinski definition) is 3. The van der Waals surface area contributed by atoms with E-state index in [4.69, 9.17) is 10.0 Å². The third-order valence-corrected chi connectivity index (χ3v) is 4.00. The first-order valence-electron chi connectivity index (χ1n) is 7.69. The molecule has 0 unspecified atom stereocenters. The standard InChI is InChI=1S/C15H22BN3O4/c1-12(20)19-10-8-18(9-11-19)7-6-17-15(21)13-2-4-14(5-3-13)16(22)23/h2-5,22-23H,6-11H2,1H3,(H,17,21). The number of piperazine rings is 1. The number of amides is 2. The molecule has 0 atom stereocenters. The summed E-state index contributed by atoms with van der Waals surface area (Å²) < 4.78 is 0. The van der Waals surface area contributed by atoms with Crippen molar-refractivity contribution in [2.24, 2.45) is 0 Å². The normalized spacial score (nSPS) is 15.3. The van der Waals surface area contributed by atoms with Gasteiger partial charge in [0.1, 0.15) is 0 Å². The van der Waals surface area contributed by atoms with Gasteiger partial charge in [0.25, 0.3) is 5.91 Å². The van der Waals surface area contributed by atoms with Crippen LogP contribution >= 0.6 is 0 Å². The molecule has 0 bridgehead atoms. The van der Waals surface area contributed by atoms with E-state index in [0.29, 0.717) is 17.6 Å². The molecule has 3 N–H and O–H groups in total. The molecule has 8 heteroatoms. The first-order valence-corrected chi connectivity index (χ1v) is 7.69. The Labute approximate surface area is 136 Å². The van der Waals surface area contributed by atoms with E-state index in [1.54, 1.807) is 19.1 Å². The van der Waals surface area contributed by atoms with Gasteiger partial charge >= 0.3 is 7.12 Å². The van der Waals surface area contributed by atoms with Crippen LogP contribution in [0.4, 0.5) is 0 Å². The Bertz CT molecular complexity index is 542. The topological polar surface area (TPSA) is 93.1 Å². The number of benzene rings is 1. The van der Waals surface area contributed by atoms with E-state index in [1.807, 2.05) is 4.90 Å². The number of nitrogens with zero attached hydrogens (tertiary/aromatic N) is 2. The molecule has 1 aliphatic heterocycles. The minimum absolute atomic E-state index is 0.106. The number of nitrogens with one attached hydrogen (secondary N) is 1. The summed E-state index contributed by atoms with van der Waals surface area (Å²) in [6.45, 7) is 5.95. The molecule has 0 radical (unpaired) electrons. The van der Waals surface area contributed by atoms with Crippen molar-refractivity contribution >= 4 is 24.4 Å². The number of hydrogen-bond acceptors (Lipinski definition) is 5. The Morgan fingerprint density at radius 1 is 1.13 bits per heavy atom. The zero-order valence-electron chi connectivity index (χ0n) is 13.2. The van der Waals surface area contributed by atoms with Gasteiger partial charge in [-0.1, -0.05) is 12.1 Å². The van der Waals surface area contributed by atoms with E-state index in [9.17, 15) is 9.59 Å². The predicted molar refractivity (Wildman–Crippen MR) is 87.3 cm³/mol. The van der Waals surface area contributed by atoms with Crippen LogP contribution in [0.2, 0.25) is 0 Å². The van der Waals surface area contributed by atoms with Crippen molar-refractivity contribution in [1.29, 1.82) is 0 Å². The minimum Gasteiger partial charge on any atom is -0.423 e. The lowest BCUT2D eigenvalue weighted by Gasteiger charge is -2.34. The largest absolute Gasteiger partial charge is 0.488 e. The lowest BCUT2D eigenvalue weighted by molar-refractivity contribution is -0.130. The summed E-state index contributed by atoms with van der Waals surface area (Å²) in [6.07, 6.45) is 0. The molecule has 1 heterocycles. The molecule has 124 valence electrons. The predicted octanol–water partition coefficient (Wildman–Crippen LogP) is -1.74. The van der Waals surface area contributed by atoms with Crippen molar-refractivity contribution < 1.29 is 19.6 Å². The molecular weight excluding hydrogens is 297 g/mol. The summed E-state index contributed by atoms with van der Waals surface area (Å²) in [4.78, 5) is 27.3. The van der Waals surface area contributed by atoms with Crippen molar-refractivity contribution in [3.8, 4) is 0 Å². The van der Waals surface area contributed by atoms with Crippen molar-refractivity contribution in [2.75, 3.05) is 39.3 Å². The van der Waals surface area contributed by atoms with Crippen molar-refractivity contribution in [1.82, 2.24) is 15.1 Å². The Hall–Kier alpha value is -1.90. The molecule has 0 saturated carbocycles. The van der Waals surface area contributed by atoms with Gasteiger partial charge in [-0.2, -0.15) is 0 Å². The molecule has 1 aliphatic rings. The number of carbonyl (C=O) groups is 2. The molecule has 1 aromatic rings. The minimum atomic E-state index is -1.53. The lowest BCUT2D eigenvalue weighted by Crippen LogP contribution is -2.49. The van der Waals surface area contributed by atoms with Crippen molar-refractivity contribution in [3.63, 3.8) is 0 Å². The first-order chi connectivity index (χ1) is 11.0. The molecule has 7 nitrogen and oxygen atoms in total. The van der Waals surface area contributed by atoms with Gasteiger partial charge in [-0.3, -0.25) is 14.5 Å². The molecule has 0 aromatic heterocycles. The molecule has 2 rings (SSSR count). The maximum absolute atomic E-state index is 12.0. The summed E-state index contributed by atoms with van der Waals surface area (Å²) >= 11 is 0. The molecular formula is C15H22BN3O4.